The van der Waals surface area contributed by atoms with Gasteiger partial charge in [0.1, 0.15) is 12.3 Å². The number of nitrogens with one attached hydrogen (secondary N) is 1. The number of hydrogen-bond acceptors (Lipinski definition) is 4. The molecule has 4 rings (SSSR count). The number of amides is 1. The van der Waals surface area contributed by atoms with Gasteiger partial charge in [-0.05, 0) is 35.9 Å². The number of hydrogen-bond donors (Lipinski definition) is 1. The van der Waals surface area contributed by atoms with Gasteiger partial charge in [-0.3, -0.25) is 9.36 Å². The predicted octanol–water partition coefficient (Wildman–Crippen LogP) is 3.83. The molecule has 0 aliphatic rings. The van der Waals surface area contributed by atoms with Gasteiger partial charge in [0, 0.05) is 17.7 Å². The molecule has 0 aliphatic carbocycles. The lowest BCUT2D eigenvalue weighted by atomic mass is 10.0. The second-order valence-corrected chi connectivity index (χ2v) is 6.66. The minimum atomic E-state index is -0.555. The van der Waals surface area contributed by atoms with Crippen LogP contribution in [0.1, 0.15) is 11.1 Å². The fourth-order valence-corrected chi connectivity index (χ4v) is 3.32. The quantitative estimate of drug-likeness (QED) is 0.545. The van der Waals surface area contributed by atoms with Crippen molar-refractivity contribution in [3.05, 3.63) is 94.5 Å². The molecule has 29 heavy (non-hydrogen) atoms. The average Bonchev–Trinajstić information content (AvgIpc) is 3.04. The molecule has 0 unspecified atom stereocenters. The van der Waals surface area contributed by atoms with E-state index in [4.69, 9.17) is 9.15 Å². The van der Waals surface area contributed by atoms with Gasteiger partial charge in [0.05, 0.1) is 12.6 Å². The molecule has 1 heterocycles. The fraction of sp³-hybridized carbons (Fsp3) is 0.130. The zero-order chi connectivity index (χ0) is 20.2. The maximum atomic E-state index is 12.6. The number of carbonyl (C=O) groups excluding carboxylic acids is 1. The summed E-state index contributed by atoms with van der Waals surface area (Å²) in [5.74, 6) is -0.112. The standard InChI is InChI=1S/C23H20N2O4/c1-28-20-12-11-18(14-17(20)13-16-7-3-2-4-8-16)24-22(26)15-25-19-9-5-6-10-21(19)29-23(25)27/h2-12,14H,13,15H2,1H3,(H,24,26). The summed E-state index contributed by atoms with van der Waals surface area (Å²) in [6, 6.07) is 22.5. The summed E-state index contributed by atoms with van der Waals surface area (Å²) in [4.78, 5) is 24.6. The normalized spacial score (nSPS) is 10.8. The zero-order valence-corrected chi connectivity index (χ0v) is 15.9. The smallest absolute Gasteiger partial charge is 0.420 e. The van der Waals surface area contributed by atoms with Crippen molar-refractivity contribution in [2.75, 3.05) is 12.4 Å². The van der Waals surface area contributed by atoms with Crippen LogP contribution in [0.15, 0.2) is 82.0 Å². The van der Waals surface area contributed by atoms with E-state index in [1.165, 1.54) is 4.57 Å². The molecule has 1 aromatic heterocycles. The SMILES string of the molecule is COc1ccc(NC(=O)Cn2c(=O)oc3ccccc32)cc1Cc1ccccc1. The van der Waals surface area contributed by atoms with Gasteiger partial charge in [-0.25, -0.2) is 4.79 Å². The summed E-state index contributed by atoms with van der Waals surface area (Å²) < 4.78 is 12.0. The lowest BCUT2D eigenvalue weighted by Gasteiger charge is -2.12. The number of carbonyl (C=O) groups is 1. The minimum Gasteiger partial charge on any atom is -0.496 e. The van der Waals surface area contributed by atoms with Gasteiger partial charge >= 0.3 is 5.76 Å². The largest absolute Gasteiger partial charge is 0.496 e. The summed E-state index contributed by atoms with van der Waals surface area (Å²) >= 11 is 0. The number of anilines is 1. The molecular weight excluding hydrogens is 368 g/mol. The summed E-state index contributed by atoms with van der Waals surface area (Å²) in [7, 11) is 1.62. The lowest BCUT2D eigenvalue weighted by Crippen LogP contribution is -2.24. The molecule has 0 atom stereocenters. The maximum absolute atomic E-state index is 12.6. The molecule has 6 nitrogen and oxygen atoms in total. The molecule has 3 aromatic carbocycles. The Kier molecular flexibility index (Phi) is 5.16. The van der Waals surface area contributed by atoms with Gasteiger partial charge in [0.25, 0.3) is 0 Å². The Balaban J connectivity index is 1.54. The van der Waals surface area contributed by atoms with Gasteiger partial charge in [0.15, 0.2) is 5.58 Å². The first-order valence-electron chi connectivity index (χ1n) is 9.23. The highest BCUT2D eigenvalue weighted by Gasteiger charge is 2.13. The summed E-state index contributed by atoms with van der Waals surface area (Å²) in [5, 5.41) is 2.85. The van der Waals surface area contributed by atoms with Crippen molar-refractivity contribution in [3.8, 4) is 5.75 Å². The topological polar surface area (TPSA) is 73.5 Å². The molecule has 0 fully saturated rings. The number of para-hydroxylation sites is 2. The predicted molar refractivity (Wildman–Crippen MR) is 111 cm³/mol. The van der Waals surface area contributed by atoms with Gasteiger partial charge < -0.3 is 14.5 Å². The molecule has 1 amide bonds. The van der Waals surface area contributed by atoms with Crippen LogP contribution in [0.5, 0.6) is 5.75 Å². The Labute approximate surface area is 167 Å². The molecular formula is C23H20N2O4. The maximum Gasteiger partial charge on any atom is 0.420 e. The Morgan fingerprint density at radius 3 is 2.59 bits per heavy atom. The van der Waals surface area contributed by atoms with Crippen LogP contribution >= 0.6 is 0 Å². The highest BCUT2D eigenvalue weighted by molar-refractivity contribution is 5.91. The summed E-state index contributed by atoms with van der Waals surface area (Å²) in [6.07, 6.45) is 0.680. The van der Waals surface area contributed by atoms with E-state index >= 15 is 0 Å². The highest BCUT2D eigenvalue weighted by atomic mass is 16.5. The van der Waals surface area contributed by atoms with Gasteiger partial charge in [-0.1, -0.05) is 42.5 Å². The molecule has 0 saturated heterocycles. The number of fused-ring (bicyclic) bond motifs is 1. The van der Waals surface area contributed by atoms with E-state index in [1.54, 1.807) is 37.4 Å². The average molecular weight is 388 g/mol. The number of nitrogens with zero attached hydrogens (tertiary/aromatic N) is 1. The molecule has 0 spiro atoms. The number of aromatic nitrogens is 1. The first-order chi connectivity index (χ1) is 14.1. The van der Waals surface area contributed by atoms with Crippen LogP contribution < -0.4 is 15.8 Å². The minimum absolute atomic E-state index is 0.129. The van der Waals surface area contributed by atoms with Crippen LogP contribution in [-0.4, -0.2) is 17.6 Å². The second-order valence-electron chi connectivity index (χ2n) is 6.66. The van der Waals surface area contributed by atoms with Crippen LogP contribution in [-0.2, 0) is 17.8 Å². The van der Waals surface area contributed by atoms with Crippen LogP contribution in [0.2, 0.25) is 0 Å². The van der Waals surface area contributed by atoms with Crippen molar-refractivity contribution >= 4 is 22.7 Å². The third-order valence-electron chi connectivity index (χ3n) is 4.68. The Bertz CT molecular complexity index is 1210. The van der Waals surface area contributed by atoms with Crippen molar-refractivity contribution in [2.24, 2.45) is 0 Å². The van der Waals surface area contributed by atoms with Gasteiger partial charge in [0.2, 0.25) is 5.91 Å². The van der Waals surface area contributed by atoms with E-state index < -0.39 is 5.76 Å². The molecule has 0 aliphatic heterocycles. The number of methoxy groups -OCH3 is 1. The Hall–Kier alpha value is -3.80. The first-order valence-corrected chi connectivity index (χ1v) is 9.23. The van der Waals surface area contributed by atoms with Crippen molar-refractivity contribution < 1.29 is 13.9 Å². The van der Waals surface area contributed by atoms with Crippen molar-refractivity contribution in [2.45, 2.75) is 13.0 Å². The van der Waals surface area contributed by atoms with Crippen molar-refractivity contribution in [3.63, 3.8) is 0 Å². The molecule has 6 heteroatoms. The molecule has 0 saturated carbocycles. The van der Waals surface area contributed by atoms with Crippen molar-refractivity contribution in [1.82, 2.24) is 4.57 Å². The summed E-state index contributed by atoms with van der Waals surface area (Å²) in [5.41, 5.74) is 3.79. The number of rotatable bonds is 6. The molecule has 0 bridgehead atoms. The third-order valence-corrected chi connectivity index (χ3v) is 4.68. The monoisotopic (exact) mass is 388 g/mol. The van der Waals surface area contributed by atoms with E-state index in [1.807, 2.05) is 42.5 Å². The fourth-order valence-electron chi connectivity index (χ4n) is 3.32. The number of benzene rings is 3. The molecule has 1 N–H and O–H groups in total. The number of oxazole rings is 1. The molecule has 0 radical (unpaired) electrons. The Morgan fingerprint density at radius 2 is 1.79 bits per heavy atom. The number of ether oxygens (including phenoxy) is 1. The lowest BCUT2D eigenvalue weighted by molar-refractivity contribution is -0.116. The van der Waals surface area contributed by atoms with Gasteiger partial charge in [-0.15, -0.1) is 0 Å². The van der Waals surface area contributed by atoms with Crippen molar-refractivity contribution in [1.29, 1.82) is 0 Å². The van der Waals surface area contributed by atoms with E-state index in [-0.39, 0.29) is 12.5 Å². The second kappa shape index (κ2) is 8.06. The van der Waals surface area contributed by atoms with E-state index in [2.05, 4.69) is 5.32 Å². The van der Waals surface area contributed by atoms with E-state index in [0.29, 0.717) is 23.2 Å². The highest BCUT2D eigenvalue weighted by Crippen LogP contribution is 2.25. The van der Waals surface area contributed by atoms with E-state index in [0.717, 1.165) is 16.9 Å². The third kappa shape index (κ3) is 4.06. The van der Waals surface area contributed by atoms with Gasteiger partial charge in [-0.2, -0.15) is 0 Å². The molecule has 146 valence electrons. The molecule has 4 aromatic rings. The summed E-state index contributed by atoms with van der Waals surface area (Å²) in [6.45, 7) is -0.129. The zero-order valence-electron chi connectivity index (χ0n) is 15.9. The Morgan fingerprint density at radius 1 is 1.03 bits per heavy atom. The van der Waals surface area contributed by atoms with Crippen LogP contribution in [0.3, 0.4) is 0 Å². The van der Waals surface area contributed by atoms with E-state index in [9.17, 15) is 9.59 Å². The van der Waals surface area contributed by atoms with Crippen LogP contribution in [0.4, 0.5) is 5.69 Å². The van der Waals surface area contributed by atoms with Crippen LogP contribution in [0.25, 0.3) is 11.1 Å². The van der Waals surface area contributed by atoms with Crippen LogP contribution in [0, 0.1) is 0 Å². The first kappa shape index (κ1) is 18.6.